The van der Waals surface area contributed by atoms with E-state index in [9.17, 15) is 19.0 Å². The lowest BCUT2D eigenvalue weighted by molar-refractivity contribution is -0.870. The smallest absolute Gasteiger partial charge is 0.514 e. The number of aromatic amines is 1. The van der Waals surface area contributed by atoms with Crippen LogP contribution in [0.1, 0.15) is 102 Å². The van der Waals surface area contributed by atoms with Gasteiger partial charge in [-0.05, 0) is 44.6 Å². The van der Waals surface area contributed by atoms with Crippen LogP contribution < -0.4 is 9.63 Å². The molecule has 1 N–H and O–H groups in total. The molecule has 0 aliphatic heterocycles. The predicted octanol–water partition coefficient (Wildman–Crippen LogP) is 7.39. The molecule has 13 heteroatoms. The fourth-order valence-electron chi connectivity index (χ4n) is 5.40. The molecule has 0 aliphatic carbocycles. The number of rotatable bonds is 28. The average Bonchev–Trinajstić information content (AvgIpc) is 3.47. The number of phosphoric ester groups is 1. The first kappa shape index (κ1) is 43.7. The number of benzene rings is 1. The van der Waals surface area contributed by atoms with Gasteiger partial charge in [0.05, 0.1) is 27.7 Å². The van der Waals surface area contributed by atoms with Crippen molar-refractivity contribution in [1.29, 1.82) is 0 Å². The molecule has 2 aromatic rings. The number of carbonyl (C=O) groups is 2. The summed E-state index contributed by atoms with van der Waals surface area (Å²) >= 11 is 0. The minimum Gasteiger partial charge on any atom is -0.756 e. The Bertz CT molecular complexity index is 1290. The number of aromatic nitrogens is 1. The summed E-state index contributed by atoms with van der Waals surface area (Å²) in [6.45, 7) is 2.39. The maximum atomic E-state index is 13.0. The number of carbonyl (C=O) groups excluding carboxylic acids is 2. The largest absolute Gasteiger partial charge is 0.756 e. The van der Waals surface area contributed by atoms with E-state index in [4.69, 9.17) is 23.3 Å². The van der Waals surface area contributed by atoms with Gasteiger partial charge in [-0.3, -0.25) is 9.36 Å². The van der Waals surface area contributed by atoms with Crippen LogP contribution in [0.3, 0.4) is 0 Å². The number of hydrogen-bond acceptors (Lipinski definition) is 10. The van der Waals surface area contributed by atoms with Crippen molar-refractivity contribution in [3.63, 3.8) is 0 Å². The fourth-order valence-corrected chi connectivity index (χ4v) is 6.12. The minimum atomic E-state index is -4.72. The third kappa shape index (κ3) is 19.8. The first-order valence-electron chi connectivity index (χ1n) is 18.5. The zero-order chi connectivity index (χ0) is 36.8. The number of ether oxygens (including phenoxy) is 3. The summed E-state index contributed by atoms with van der Waals surface area (Å²) in [5.41, 5.74) is 1.77. The van der Waals surface area contributed by atoms with Gasteiger partial charge < -0.3 is 42.5 Å². The molecule has 286 valence electrons. The number of esters is 1. The van der Waals surface area contributed by atoms with E-state index in [0.29, 0.717) is 23.2 Å². The maximum Gasteiger partial charge on any atom is 0.514 e. The maximum absolute atomic E-state index is 13.0. The summed E-state index contributed by atoms with van der Waals surface area (Å²) in [5.74, 6) is -0.165. The Morgan fingerprint density at radius 3 is 2.12 bits per heavy atom. The van der Waals surface area contributed by atoms with Crippen molar-refractivity contribution in [2.75, 3.05) is 68.1 Å². The van der Waals surface area contributed by atoms with Gasteiger partial charge >= 0.3 is 12.1 Å². The SMILES string of the molecule is CCCCCCCCCCCCCCCC(=O)OCC(COP(=O)([O-])OCC[N+](C)(C)C)OC(=O)Oc1cccc2[nH]cc(CCN(C)C)c12. The molecule has 0 radical (unpaired) electrons. The fraction of sp³-hybridized carbons (Fsp3) is 0.730. The highest BCUT2D eigenvalue weighted by Gasteiger charge is 2.24. The summed E-state index contributed by atoms with van der Waals surface area (Å²) in [5, 5.41) is 0.748. The molecule has 0 fully saturated rings. The molecule has 1 aromatic carbocycles. The van der Waals surface area contributed by atoms with Gasteiger partial charge in [-0.25, -0.2) is 4.79 Å². The van der Waals surface area contributed by atoms with Gasteiger partial charge in [0.2, 0.25) is 0 Å². The molecule has 2 unspecified atom stereocenters. The molecule has 0 spiro atoms. The van der Waals surface area contributed by atoms with Crippen LogP contribution in [0.5, 0.6) is 5.75 Å². The van der Waals surface area contributed by atoms with Gasteiger partial charge in [0.25, 0.3) is 7.82 Å². The Balaban J connectivity index is 1.87. The molecule has 0 saturated heterocycles. The van der Waals surface area contributed by atoms with E-state index in [1.165, 1.54) is 57.8 Å². The van der Waals surface area contributed by atoms with E-state index in [1.807, 2.05) is 47.5 Å². The van der Waals surface area contributed by atoms with Gasteiger partial charge in [-0.2, -0.15) is 0 Å². The van der Waals surface area contributed by atoms with Crippen LogP contribution in [-0.4, -0.2) is 101 Å². The first-order valence-corrected chi connectivity index (χ1v) is 19.9. The predicted molar refractivity (Wildman–Crippen MR) is 195 cm³/mol. The number of nitrogens with one attached hydrogen (secondary N) is 1. The Labute approximate surface area is 300 Å². The number of quaternary nitrogens is 1. The molecule has 2 rings (SSSR count). The lowest BCUT2D eigenvalue weighted by atomic mass is 10.0. The van der Waals surface area contributed by atoms with Gasteiger partial charge in [0.1, 0.15) is 25.5 Å². The number of hydrogen-bond donors (Lipinski definition) is 1. The average molecular weight is 726 g/mol. The third-order valence-electron chi connectivity index (χ3n) is 8.38. The molecular weight excluding hydrogens is 661 g/mol. The highest BCUT2D eigenvalue weighted by molar-refractivity contribution is 7.45. The second-order valence-electron chi connectivity index (χ2n) is 14.4. The lowest BCUT2D eigenvalue weighted by Gasteiger charge is -2.28. The van der Waals surface area contributed by atoms with Crippen LogP contribution in [0.25, 0.3) is 10.9 Å². The van der Waals surface area contributed by atoms with Crippen molar-refractivity contribution >= 4 is 30.9 Å². The topological polar surface area (TPSA) is 139 Å². The van der Waals surface area contributed by atoms with E-state index in [2.05, 4.69) is 16.8 Å². The van der Waals surface area contributed by atoms with Crippen LogP contribution in [0.4, 0.5) is 4.79 Å². The van der Waals surface area contributed by atoms with Crippen LogP contribution in [-0.2, 0) is 34.3 Å². The molecule has 1 aromatic heterocycles. The quantitative estimate of drug-likeness (QED) is 0.0311. The standard InChI is InChI=1S/C37H64N3O9P/c1-7-8-9-10-11-12-13-14-15-16-17-18-19-23-35(41)45-29-32(30-47-50(43,44)46-27-26-40(4,5)6)48-37(42)49-34-22-20-21-33-36(34)31(28-38-33)24-25-39(2)3/h20-22,28,32,38H,7-19,23-27,29-30H2,1-6H3. The summed E-state index contributed by atoms with van der Waals surface area (Å²) in [6.07, 6.45) is 16.1. The van der Waals surface area contributed by atoms with Crippen LogP contribution in [0.2, 0.25) is 0 Å². The molecule has 0 amide bonds. The van der Waals surface area contributed by atoms with Crippen molar-refractivity contribution in [2.24, 2.45) is 0 Å². The van der Waals surface area contributed by atoms with E-state index in [-0.39, 0.29) is 13.0 Å². The molecule has 0 aliphatic rings. The zero-order valence-electron chi connectivity index (χ0n) is 31.5. The summed E-state index contributed by atoms with van der Waals surface area (Å²) in [4.78, 5) is 43.2. The molecule has 0 bridgehead atoms. The third-order valence-corrected chi connectivity index (χ3v) is 9.34. The van der Waals surface area contributed by atoms with E-state index >= 15 is 0 Å². The van der Waals surface area contributed by atoms with Crippen molar-refractivity contribution in [3.05, 3.63) is 30.0 Å². The van der Waals surface area contributed by atoms with Crippen molar-refractivity contribution in [1.82, 2.24) is 9.88 Å². The summed E-state index contributed by atoms with van der Waals surface area (Å²) < 4.78 is 39.4. The zero-order valence-corrected chi connectivity index (χ0v) is 32.4. The Morgan fingerprint density at radius 1 is 0.900 bits per heavy atom. The van der Waals surface area contributed by atoms with E-state index in [0.717, 1.165) is 48.7 Å². The summed E-state index contributed by atoms with van der Waals surface area (Å²) in [6, 6.07) is 5.28. The number of unbranched alkanes of at least 4 members (excludes halogenated alkanes) is 12. The number of likely N-dealkylation sites (N-methyl/N-ethyl adjacent to an activating group) is 2. The number of phosphoric acid groups is 1. The summed E-state index contributed by atoms with van der Waals surface area (Å²) in [7, 11) is 4.95. The minimum absolute atomic E-state index is 0.0806. The van der Waals surface area contributed by atoms with Crippen molar-refractivity contribution in [2.45, 2.75) is 109 Å². The highest BCUT2D eigenvalue weighted by atomic mass is 31.2. The Kier molecular flexibility index (Phi) is 20.9. The molecule has 2 atom stereocenters. The van der Waals surface area contributed by atoms with Crippen LogP contribution in [0, 0.1) is 0 Å². The van der Waals surface area contributed by atoms with Crippen molar-refractivity contribution in [3.8, 4) is 5.75 Å². The van der Waals surface area contributed by atoms with Crippen molar-refractivity contribution < 1.29 is 46.8 Å². The molecule has 12 nitrogen and oxygen atoms in total. The lowest BCUT2D eigenvalue weighted by Crippen LogP contribution is -2.37. The van der Waals surface area contributed by atoms with Crippen LogP contribution >= 0.6 is 7.82 Å². The van der Waals surface area contributed by atoms with Gasteiger partial charge in [0.15, 0.2) is 6.10 Å². The van der Waals surface area contributed by atoms with E-state index < -0.39 is 39.3 Å². The molecule has 0 saturated carbocycles. The number of H-pyrrole nitrogens is 1. The second kappa shape index (κ2) is 23.9. The molecule has 50 heavy (non-hydrogen) atoms. The monoisotopic (exact) mass is 725 g/mol. The number of nitrogens with zero attached hydrogens (tertiary/aromatic N) is 2. The molecular formula is C37H64N3O9P. The Morgan fingerprint density at radius 2 is 1.52 bits per heavy atom. The van der Waals surface area contributed by atoms with Gasteiger partial charge in [-0.15, -0.1) is 0 Å². The van der Waals surface area contributed by atoms with E-state index in [1.54, 1.807) is 12.1 Å². The highest BCUT2D eigenvalue weighted by Crippen LogP contribution is 2.38. The normalized spacial score (nSPS) is 13.8. The van der Waals surface area contributed by atoms with Gasteiger partial charge in [0, 0.05) is 30.1 Å². The Hall–Kier alpha value is -2.47. The molecule has 1 heterocycles. The second-order valence-corrected chi connectivity index (χ2v) is 15.8. The first-order chi connectivity index (χ1) is 23.8. The number of fused-ring (bicyclic) bond motifs is 1. The van der Waals surface area contributed by atoms with Gasteiger partial charge in [-0.1, -0.05) is 90.0 Å². The van der Waals surface area contributed by atoms with Crippen LogP contribution in [0.15, 0.2) is 24.4 Å².